The minimum absolute atomic E-state index is 0.00273. The number of fused-ring (bicyclic) bond motifs is 2. The first-order chi connectivity index (χ1) is 11.5. The van der Waals surface area contributed by atoms with Crippen molar-refractivity contribution in [3.8, 4) is 5.69 Å². The lowest BCUT2D eigenvalue weighted by atomic mass is 10.00. The van der Waals surface area contributed by atoms with Gasteiger partial charge < -0.3 is 11.1 Å². The highest BCUT2D eigenvalue weighted by atomic mass is 16.2. The van der Waals surface area contributed by atoms with Crippen LogP contribution in [0.25, 0.3) is 5.69 Å². The van der Waals surface area contributed by atoms with Crippen molar-refractivity contribution in [3.05, 3.63) is 51.3 Å². The van der Waals surface area contributed by atoms with Crippen LogP contribution in [0.3, 0.4) is 0 Å². The van der Waals surface area contributed by atoms with Gasteiger partial charge in [-0.1, -0.05) is 6.07 Å². The lowest BCUT2D eigenvalue weighted by Crippen LogP contribution is -2.27. The fourth-order valence-corrected chi connectivity index (χ4v) is 3.14. The van der Waals surface area contributed by atoms with E-state index in [4.69, 9.17) is 5.73 Å². The Labute approximate surface area is 135 Å². The highest BCUT2D eigenvalue weighted by molar-refractivity contribution is 6.23. The van der Waals surface area contributed by atoms with Gasteiger partial charge >= 0.3 is 0 Å². The van der Waals surface area contributed by atoms with Gasteiger partial charge in [0.25, 0.3) is 17.4 Å². The van der Waals surface area contributed by atoms with Crippen LogP contribution in [0.5, 0.6) is 0 Å². The number of nitrogens with one attached hydrogen (secondary N) is 2. The van der Waals surface area contributed by atoms with Crippen molar-refractivity contribution < 1.29 is 14.4 Å². The third-order valence-electron chi connectivity index (χ3n) is 4.22. The van der Waals surface area contributed by atoms with Gasteiger partial charge in [0, 0.05) is 23.7 Å². The average Bonchev–Trinajstić information content (AvgIpc) is 2.81. The quantitative estimate of drug-likeness (QED) is 0.646. The average molecular weight is 324 g/mol. The Balaban J connectivity index is 2.00. The van der Waals surface area contributed by atoms with Crippen LogP contribution < -0.4 is 21.9 Å². The fourth-order valence-electron chi connectivity index (χ4n) is 3.14. The molecule has 2 aliphatic heterocycles. The molecule has 0 unspecified atom stereocenters. The molecule has 0 atom stereocenters. The second-order valence-electron chi connectivity index (χ2n) is 5.63. The molecule has 4 N–H and O–H groups in total. The van der Waals surface area contributed by atoms with Crippen LogP contribution in [-0.2, 0) is 11.2 Å². The molecule has 3 heterocycles. The minimum Gasteiger partial charge on any atom is -0.384 e. The number of nitrogens with zero attached hydrogens (tertiary/aromatic N) is 1. The van der Waals surface area contributed by atoms with Gasteiger partial charge in [0.2, 0.25) is 5.91 Å². The molecule has 0 aliphatic carbocycles. The van der Waals surface area contributed by atoms with E-state index in [-0.39, 0.29) is 22.9 Å². The van der Waals surface area contributed by atoms with E-state index in [0.717, 1.165) is 11.6 Å². The van der Waals surface area contributed by atoms with Gasteiger partial charge in [-0.25, -0.2) is 0 Å². The molecule has 0 bridgehead atoms. The zero-order valence-corrected chi connectivity index (χ0v) is 12.4. The molecular formula is C16H12N4O4. The maximum Gasteiger partial charge on any atom is 0.262 e. The van der Waals surface area contributed by atoms with E-state index in [2.05, 4.69) is 10.6 Å². The van der Waals surface area contributed by atoms with Crippen molar-refractivity contribution in [2.24, 2.45) is 0 Å². The van der Waals surface area contributed by atoms with Gasteiger partial charge in [-0.2, -0.15) is 0 Å². The van der Waals surface area contributed by atoms with Gasteiger partial charge in [-0.05, 0) is 18.6 Å². The normalized spacial score (nSPS) is 15.6. The lowest BCUT2D eigenvalue weighted by Gasteiger charge is -2.22. The first kappa shape index (κ1) is 14.2. The van der Waals surface area contributed by atoms with E-state index in [1.54, 1.807) is 18.2 Å². The second kappa shape index (κ2) is 4.79. The Morgan fingerprint density at radius 2 is 1.79 bits per heavy atom. The Hall–Kier alpha value is -3.42. The molecule has 8 nitrogen and oxygen atoms in total. The number of carbonyl (C=O) groups excluding carboxylic acids is 3. The SMILES string of the molecule is Nc1c2c(cc(=O)n1-c1cccc3c1CCC(=O)N3)C(=O)NC2=O. The van der Waals surface area contributed by atoms with Crippen LogP contribution in [0.1, 0.15) is 32.7 Å². The molecule has 0 saturated heterocycles. The molecule has 2 aromatic rings. The van der Waals surface area contributed by atoms with Gasteiger partial charge in [0.1, 0.15) is 5.82 Å². The Morgan fingerprint density at radius 3 is 2.58 bits per heavy atom. The second-order valence-corrected chi connectivity index (χ2v) is 5.63. The smallest absolute Gasteiger partial charge is 0.262 e. The minimum atomic E-state index is -0.631. The van der Waals surface area contributed by atoms with Gasteiger partial charge in [0.15, 0.2) is 0 Å². The molecular weight excluding hydrogens is 312 g/mol. The third kappa shape index (κ3) is 1.86. The summed E-state index contributed by atoms with van der Waals surface area (Å²) < 4.78 is 1.20. The molecule has 0 spiro atoms. The molecule has 24 heavy (non-hydrogen) atoms. The zero-order valence-electron chi connectivity index (χ0n) is 12.4. The number of nitrogen functional groups attached to an aromatic ring is 1. The van der Waals surface area contributed by atoms with E-state index in [0.29, 0.717) is 24.2 Å². The first-order valence-electron chi connectivity index (χ1n) is 7.30. The summed E-state index contributed by atoms with van der Waals surface area (Å²) in [5, 5.41) is 4.88. The number of carbonyl (C=O) groups is 3. The van der Waals surface area contributed by atoms with E-state index < -0.39 is 17.4 Å². The lowest BCUT2D eigenvalue weighted by molar-refractivity contribution is -0.116. The van der Waals surface area contributed by atoms with Crippen LogP contribution >= 0.6 is 0 Å². The monoisotopic (exact) mass is 324 g/mol. The van der Waals surface area contributed by atoms with Crippen molar-refractivity contribution in [2.45, 2.75) is 12.8 Å². The summed E-state index contributed by atoms with van der Waals surface area (Å²) in [6, 6.07) is 6.21. The molecule has 1 aromatic heterocycles. The van der Waals surface area contributed by atoms with Crippen LogP contribution in [0.4, 0.5) is 11.5 Å². The summed E-state index contributed by atoms with van der Waals surface area (Å²) in [7, 11) is 0. The van der Waals surface area contributed by atoms with Crippen LogP contribution in [0.2, 0.25) is 0 Å². The summed E-state index contributed by atoms with van der Waals surface area (Å²) >= 11 is 0. The first-order valence-corrected chi connectivity index (χ1v) is 7.30. The molecule has 8 heteroatoms. The van der Waals surface area contributed by atoms with Crippen molar-refractivity contribution in [3.63, 3.8) is 0 Å². The molecule has 2 aliphatic rings. The predicted octanol–water partition coefficient (Wildman–Crippen LogP) is 0.188. The number of imide groups is 1. The van der Waals surface area contributed by atoms with Crippen LogP contribution in [0, 0.1) is 0 Å². The maximum atomic E-state index is 12.5. The molecule has 0 radical (unpaired) electrons. The summed E-state index contributed by atoms with van der Waals surface area (Å²) in [4.78, 5) is 47.7. The molecule has 0 fully saturated rings. The fraction of sp³-hybridized carbons (Fsp3) is 0.125. The molecule has 0 saturated carbocycles. The number of nitrogens with two attached hydrogens (primary N) is 1. The van der Waals surface area contributed by atoms with Gasteiger partial charge in [-0.3, -0.25) is 29.1 Å². The zero-order chi connectivity index (χ0) is 17.0. The number of amides is 3. The summed E-state index contributed by atoms with van der Waals surface area (Å²) in [5.41, 5.74) is 7.37. The predicted molar refractivity (Wildman–Crippen MR) is 85.2 cm³/mol. The highest BCUT2D eigenvalue weighted by Gasteiger charge is 2.32. The van der Waals surface area contributed by atoms with Crippen LogP contribution in [-0.4, -0.2) is 22.3 Å². The van der Waals surface area contributed by atoms with Gasteiger partial charge in [0.05, 0.1) is 16.8 Å². The number of hydrogen-bond donors (Lipinski definition) is 3. The van der Waals surface area contributed by atoms with Gasteiger partial charge in [-0.15, -0.1) is 0 Å². The third-order valence-corrected chi connectivity index (χ3v) is 4.22. The van der Waals surface area contributed by atoms with Crippen molar-refractivity contribution in [1.82, 2.24) is 9.88 Å². The Bertz CT molecular complexity index is 1010. The number of benzene rings is 1. The number of hydrogen-bond acceptors (Lipinski definition) is 5. The Morgan fingerprint density at radius 1 is 1.00 bits per heavy atom. The number of pyridine rings is 1. The standard InChI is InChI=1S/C16H12N4O4/c17-14-13-8(15(23)19-16(13)24)6-12(22)20(14)10-3-1-2-9-7(10)4-5-11(21)18-9/h1-3,6H,4-5,17H2,(H,18,21)(H,19,23,24). The Kier molecular flexibility index (Phi) is 2.83. The highest BCUT2D eigenvalue weighted by Crippen LogP contribution is 2.30. The number of aromatic nitrogens is 1. The van der Waals surface area contributed by atoms with E-state index >= 15 is 0 Å². The summed E-state index contributed by atoms with van der Waals surface area (Å²) in [6.45, 7) is 0. The maximum absolute atomic E-state index is 12.5. The molecule has 1 aromatic carbocycles. The number of rotatable bonds is 1. The van der Waals surface area contributed by atoms with E-state index in [1.807, 2.05) is 0 Å². The van der Waals surface area contributed by atoms with E-state index in [1.165, 1.54) is 4.57 Å². The summed E-state index contributed by atoms with van der Waals surface area (Å²) in [6.07, 6.45) is 0.744. The molecule has 3 amide bonds. The van der Waals surface area contributed by atoms with E-state index in [9.17, 15) is 19.2 Å². The molecule has 4 rings (SSSR count). The van der Waals surface area contributed by atoms with Crippen molar-refractivity contribution in [1.29, 1.82) is 0 Å². The van der Waals surface area contributed by atoms with Crippen molar-refractivity contribution >= 4 is 29.2 Å². The van der Waals surface area contributed by atoms with Crippen molar-refractivity contribution in [2.75, 3.05) is 11.1 Å². The largest absolute Gasteiger partial charge is 0.384 e. The van der Waals surface area contributed by atoms with Crippen LogP contribution in [0.15, 0.2) is 29.1 Å². The number of anilines is 2. The topological polar surface area (TPSA) is 123 Å². The molecule has 120 valence electrons. The summed E-state index contributed by atoms with van der Waals surface area (Å²) in [5.74, 6) is -1.45.